The van der Waals surface area contributed by atoms with Gasteiger partial charge in [0.25, 0.3) is 0 Å². The average molecular weight is 306 g/mol. The molecule has 0 radical (unpaired) electrons. The average Bonchev–Trinajstić information content (AvgIpc) is 3.07. The van der Waals surface area contributed by atoms with E-state index in [1.807, 2.05) is 18.2 Å². The van der Waals surface area contributed by atoms with E-state index in [4.69, 9.17) is 9.47 Å². The Morgan fingerprint density at radius 1 is 1.00 bits per heavy atom. The Bertz CT molecular complexity index is 679. The van der Waals surface area contributed by atoms with Gasteiger partial charge in [-0.15, -0.1) is 22.7 Å². The van der Waals surface area contributed by atoms with E-state index in [1.165, 1.54) is 9.40 Å². The molecule has 0 aliphatic rings. The van der Waals surface area contributed by atoms with Crippen molar-refractivity contribution in [1.29, 1.82) is 0 Å². The largest absolute Gasteiger partial charge is 0.497 e. The highest BCUT2D eigenvalue weighted by molar-refractivity contribution is 7.26. The molecule has 0 spiro atoms. The third-order valence-electron chi connectivity index (χ3n) is 3.12. The molecule has 0 saturated carbocycles. The van der Waals surface area contributed by atoms with Gasteiger partial charge in [-0.3, -0.25) is 0 Å². The van der Waals surface area contributed by atoms with Crippen molar-refractivity contribution < 1.29 is 14.6 Å². The summed E-state index contributed by atoms with van der Waals surface area (Å²) in [5.41, 5.74) is 0.773. The van der Waals surface area contributed by atoms with Crippen LogP contribution in [0.3, 0.4) is 0 Å². The molecule has 1 aromatic carbocycles. The van der Waals surface area contributed by atoms with Crippen molar-refractivity contribution in [3.63, 3.8) is 0 Å². The highest BCUT2D eigenvalue weighted by atomic mass is 32.1. The Morgan fingerprint density at radius 2 is 1.70 bits per heavy atom. The number of ether oxygens (including phenoxy) is 2. The smallest absolute Gasteiger partial charge is 0.122 e. The minimum Gasteiger partial charge on any atom is -0.497 e. The monoisotopic (exact) mass is 306 g/mol. The molecule has 1 unspecified atom stereocenters. The standard InChI is InChI=1S/C15H14O3S2/c1-17-10-5-9(6-11(7-10)18-2)15(16)14-8-13-12(20-14)3-4-19-13/h3-8,15-16H,1-2H3. The van der Waals surface area contributed by atoms with Crippen LogP contribution in [0.1, 0.15) is 16.5 Å². The van der Waals surface area contributed by atoms with Gasteiger partial charge in [0.1, 0.15) is 17.6 Å². The number of rotatable bonds is 4. The summed E-state index contributed by atoms with van der Waals surface area (Å²) in [7, 11) is 3.21. The molecule has 5 heteroatoms. The first-order valence-electron chi connectivity index (χ1n) is 6.09. The molecular weight excluding hydrogens is 292 g/mol. The van der Waals surface area contributed by atoms with Gasteiger partial charge in [-0.25, -0.2) is 0 Å². The first-order chi connectivity index (χ1) is 9.71. The molecule has 1 atom stereocenters. The van der Waals surface area contributed by atoms with Gasteiger partial charge in [-0.1, -0.05) is 0 Å². The van der Waals surface area contributed by atoms with Crippen molar-refractivity contribution in [2.24, 2.45) is 0 Å². The van der Waals surface area contributed by atoms with Gasteiger partial charge < -0.3 is 14.6 Å². The normalized spacial score (nSPS) is 12.6. The summed E-state index contributed by atoms with van der Waals surface area (Å²) >= 11 is 3.30. The van der Waals surface area contributed by atoms with Crippen molar-refractivity contribution >= 4 is 32.1 Å². The summed E-state index contributed by atoms with van der Waals surface area (Å²) in [6.07, 6.45) is -0.663. The summed E-state index contributed by atoms with van der Waals surface area (Å²) in [5.74, 6) is 1.36. The zero-order chi connectivity index (χ0) is 14.1. The summed E-state index contributed by atoms with van der Waals surface area (Å²) in [4.78, 5) is 0.933. The lowest BCUT2D eigenvalue weighted by molar-refractivity contribution is 0.223. The predicted molar refractivity (Wildman–Crippen MR) is 83.3 cm³/mol. The van der Waals surface area contributed by atoms with Crippen LogP contribution in [0.2, 0.25) is 0 Å². The highest BCUT2D eigenvalue weighted by Crippen LogP contribution is 2.37. The molecule has 0 bridgehead atoms. The molecule has 3 aromatic rings. The zero-order valence-electron chi connectivity index (χ0n) is 11.1. The lowest BCUT2D eigenvalue weighted by Crippen LogP contribution is -1.99. The van der Waals surface area contributed by atoms with E-state index in [-0.39, 0.29) is 0 Å². The van der Waals surface area contributed by atoms with Gasteiger partial charge in [-0.2, -0.15) is 0 Å². The van der Waals surface area contributed by atoms with Gasteiger partial charge >= 0.3 is 0 Å². The van der Waals surface area contributed by atoms with Gasteiger partial charge in [-0.05, 0) is 35.2 Å². The molecule has 2 aromatic heterocycles. The molecule has 0 fully saturated rings. The van der Waals surface area contributed by atoms with Crippen LogP contribution in [0, 0.1) is 0 Å². The van der Waals surface area contributed by atoms with Crippen LogP contribution in [0.15, 0.2) is 35.7 Å². The quantitative estimate of drug-likeness (QED) is 0.790. The maximum absolute atomic E-state index is 10.6. The zero-order valence-corrected chi connectivity index (χ0v) is 12.8. The van der Waals surface area contributed by atoms with E-state index >= 15 is 0 Å². The predicted octanol–water partition coefficient (Wildman–Crippen LogP) is 4.06. The van der Waals surface area contributed by atoms with Crippen molar-refractivity contribution in [1.82, 2.24) is 0 Å². The van der Waals surface area contributed by atoms with Gasteiger partial charge in [0.15, 0.2) is 0 Å². The van der Waals surface area contributed by atoms with E-state index in [1.54, 1.807) is 43.0 Å². The number of hydrogen-bond acceptors (Lipinski definition) is 5. The number of benzene rings is 1. The number of aliphatic hydroxyl groups is 1. The molecule has 0 saturated heterocycles. The fourth-order valence-electron chi connectivity index (χ4n) is 2.07. The molecule has 0 aliphatic carbocycles. The van der Waals surface area contributed by atoms with Crippen molar-refractivity contribution in [2.45, 2.75) is 6.10 Å². The van der Waals surface area contributed by atoms with Gasteiger partial charge in [0.2, 0.25) is 0 Å². The fraction of sp³-hybridized carbons (Fsp3) is 0.200. The fourth-order valence-corrected chi connectivity index (χ4v) is 4.20. The molecule has 1 N–H and O–H groups in total. The van der Waals surface area contributed by atoms with Crippen LogP contribution >= 0.6 is 22.7 Å². The SMILES string of the molecule is COc1cc(OC)cc(C(O)c2cc3sccc3s2)c1. The second kappa shape index (κ2) is 5.44. The second-order valence-corrected chi connectivity index (χ2v) is 6.41. The van der Waals surface area contributed by atoms with Crippen molar-refractivity contribution in [3.8, 4) is 11.5 Å². The van der Waals surface area contributed by atoms with E-state index in [0.29, 0.717) is 11.5 Å². The number of aliphatic hydroxyl groups excluding tert-OH is 1. The lowest BCUT2D eigenvalue weighted by atomic mass is 10.1. The van der Waals surface area contributed by atoms with Gasteiger partial charge in [0.05, 0.1) is 14.2 Å². The Morgan fingerprint density at radius 3 is 2.30 bits per heavy atom. The van der Waals surface area contributed by atoms with Crippen LogP contribution in [0.4, 0.5) is 0 Å². The molecule has 0 aliphatic heterocycles. The molecule has 20 heavy (non-hydrogen) atoms. The highest BCUT2D eigenvalue weighted by Gasteiger charge is 2.16. The molecule has 104 valence electrons. The van der Waals surface area contributed by atoms with Gasteiger partial charge in [0, 0.05) is 20.3 Å². The molecule has 0 amide bonds. The molecule has 3 rings (SSSR count). The molecular formula is C15H14O3S2. The number of fused-ring (bicyclic) bond motifs is 1. The number of methoxy groups -OCH3 is 2. The van der Waals surface area contributed by atoms with E-state index in [9.17, 15) is 5.11 Å². The van der Waals surface area contributed by atoms with Crippen molar-refractivity contribution in [3.05, 3.63) is 46.2 Å². The summed E-state index contributed by atoms with van der Waals surface area (Å²) < 4.78 is 12.9. The van der Waals surface area contributed by atoms with E-state index in [0.717, 1.165) is 10.4 Å². The maximum Gasteiger partial charge on any atom is 0.122 e. The number of hydrogen-bond donors (Lipinski definition) is 1. The second-order valence-electron chi connectivity index (χ2n) is 4.35. The molecule has 3 nitrogen and oxygen atoms in total. The Hall–Kier alpha value is -1.56. The van der Waals surface area contributed by atoms with Crippen LogP contribution in [-0.4, -0.2) is 19.3 Å². The maximum atomic E-state index is 10.6. The summed E-state index contributed by atoms with van der Waals surface area (Å²) in [6, 6.07) is 9.58. The van der Waals surface area contributed by atoms with Crippen LogP contribution in [-0.2, 0) is 0 Å². The lowest BCUT2D eigenvalue weighted by Gasteiger charge is -2.12. The first-order valence-corrected chi connectivity index (χ1v) is 7.79. The van der Waals surface area contributed by atoms with Crippen LogP contribution in [0.25, 0.3) is 9.40 Å². The van der Waals surface area contributed by atoms with Crippen LogP contribution in [0.5, 0.6) is 11.5 Å². The van der Waals surface area contributed by atoms with E-state index < -0.39 is 6.10 Å². The van der Waals surface area contributed by atoms with Crippen molar-refractivity contribution in [2.75, 3.05) is 14.2 Å². The third kappa shape index (κ3) is 2.40. The number of thiophene rings is 2. The first kappa shape index (κ1) is 13.4. The molecule has 2 heterocycles. The Balaban J connectivity index is 2.00. The minimum absolute atomic E-state index is 0.663. The Labute approximate surface area is 125 Å². The van der Waals surface area contributed by atoms with E-state index in [2.05, 4.69) is 11.4 Å². The third-order valence-corrected chi connectivity index (χ3v) is 5.26. The summed E-state index contributed by atoms with van der Waals surface area (Å²) in [5, 5.41) is 12.6. The topological polar surface area (TPSA) is 38.7 Å². The Kier molecular flexibility index (Phi) is 3.65. The summed E-state index contributed by atoms with van der Waals surface area (Å²) in [6.45, 7) is 0. The van der Waals surface area contributed by atoms with Crippen LogP contribution < -0.4 is 9.47 Å². The minimum atomic E-state index is -0.663.